The van der Waals surface area contributed by atoms with Crippen molar-refractivity contribution >= 4 is 41.0 Å². The number of aliphatic carboxylic acids is 1. The lowest BCUT2D eigenvalue weighted by atomic mass is 9.88. The summed E-state index contributed by atoms with van der Waals surface area (Å²) in [6.07, 6.45) is -0.00637. The first-order valence-electron chi connectivity index (χ1n) is 7.31. The van der Waals surface area contributed by atoms with Crippen LogP contribution in [-0.4, -0.2) is 38.8 Å². The molecule has 0 aromatic heterocycles. The molecule has 0 radical (unpaired) electrons. The van der Waals surface area contributed by atoms with Crippen LogP contribution in [0.3, 0.4) is 0 Å². The van der Waals surface area contributed by atoms with Gasteiger partial charge in [0, 0.05) is 12.2 Å². The molecule has 3 rings (SSSR count). The number of hydrogen-bond acceptors (Lipinski definition) is 5. The number of carboxylic acid groups (broad SMARTS) is 1. The summed E-state index contributed by atoms with van der Waals surface area (Å²) in [5.74, 6) is -2.11. The third-order valence-corrected chi connectivity index (χ3v) is 5.97. The number of ketones is 1. The number of β-lactam (4-membered cyclic amide) rings is 1. The number of nitrogens with two attached hydrogens (primary N) is 1. The third kappa shape index (κ3) is 2.83. The maximum Gasteiger partial charge on any atom is 0.353 e. The monoisotopic (exact) mass is 366 g/mol. The number of fused-ring (bicyclic) bond motifs is 1. The van der Waals surface area contributed by atoms with Crippen molar-refractivity contribution in [3.63, 3.8) is 0 Å². The second kappa shape index (κ2) is 6.58. The van der Waals surface area contributed by atoms with Crippen molar-refractivity contribution in [2.24, 2.45) is 11.7 Å². The third-order valence-electron chi connectivity index (χ3n) is 4.16. The van der Waals surface area contributed by atoms with E-state index in [1.165, 1.54) is 16.7 Å². The van der Waals surface area contributed by atoms with Gasteiger partial charge in [-0.05, 0) is 5.56 Å². The number of amides is 1. The minimum atomic E-state index is -1.23. The van der Waals surface area contributed by atoms with Crippen LogP contribution in [0.4, 0.5) is 0 Å². The summed E-state index contributed by atoms with van der Waals surface area (Å²) in [5.41, 5.74) is 6.48. The Balaban J connectivity index is 1.71. The highest BCUT2D eigenvalue weighted by Gasteiger charge is 2.54. The zero-order valence-corrected chi connectivity index (χ0v) is 14.1. The van der Waals surface area contributed by atoms with E-state index in [-0.39, 0.29) is 28.3 Å². The first-order valence-corrected chi connectivity index (χ1v) is 8.74. The number of carbonyl (C=O) groups excluding carboxylic acids is 2. The smallest absolute Gasteiger partial charge is 0.353 e. The summed E-state index contributed by atoms with van der Waals surface area (Å²) in [7, 11) is 0. The molecule has 3 atom stereocenters. The number of benzene rings is 1. The number of thioether (sulfide) groups is 1. The summed E-state index contributed by atoms with van der Waals surface area (Å²) >= 11 is 7.28. The van der Waals surface area contributed by atoms with Gasteiger partial charge < -0.3 is 10.8 Å². The Hall–Kier alpha value is -1.83. The normalized spacial score (nSPS) is 24.2. The molecule has 0 saturated carbocycles. The van der Waals surface area contributed by atoms with Crippen molar-refractivity contribution in [3.05, 3.63) is 46.6 Å². The predicted molar refractivity (Wildman–Crippen MR) is 90.1 cm³/mol. The van der Waals surface area contributed by atoms with Crippen LogP contribution in [0.25, 0.3) is 0 Å². The molecule has 3 N–H and O–H groups in total. The molecule has 2 aliphatic rings. The molecule has 6 nitrogen and oxygen atoms in total. The number of Topliss-reactive ketones (excluding diaryl/α,β-unsaturated/α-hetero) is 1. The van der Waals surface area contributed by atoms with Crippen LogP contribution < -0.4 is 5.73 Å². The van der Waals surface area contributed by atoms with Crippen molar-refractivity contribution in [3.8, 4) is 0 Å². The van der Waals surface area contributed by atoms with Crippen molar-refractivity contribution in [1.29, 1.82) is 0 Å². The van der Waals surface area contributed by atoms with Crippen molar-refractivity contribution in [2.45, 2.75) is 17.8 Å². The summed E-state index contributed by atoms with van der Waals surface area (Å²) in [4.78, 5) is 37.2. The molecule has 1 fully saturated rings. The fraction of sp³-hybridized carbons (Fsp3) is 0.312. The molecule has 126 valence electrons. The minimum absolute atomic E-state index is 0.00637. The number of nitrogens with zero attached hydrogens (tertiary/aromatic N) is 1. The van der Waals surface area contributed by atoms with E-state index in [1.807, 2.05) is 6.07 Å². The Morgan fingerprint density at radius 2 is 2.04 bits per heavy atom. The fourth-order valence-electron chi connectivity index (χ4n) is 2.91. The number of carbonyl (C=O) groups is 3. The number of hydrogen-bond donors (Lipinski definition) is 2. The predicted octanol–water partition coefficient (Wildman–Crippen LogP) is 1.71. The summed E-state index contributed by atoms with van der Waals surface area (Å²) in [6, 6.07) is 8.15. The van der Waals surface area contributed by atoms with Crippen molar-refractivity contribution in [2.75, 3.05) is 5.75 Å². The van der Waals surface area contributed by atoms with Crippen LogP contribution >= 0.6 is 23.4 Å². The second-order valence-corrected chi connectivity index (χ2v) is 7.19. The van der Waals surface area contributed by atoms with E-state index in [4.69, 9.17) is 17.3 Å². The molecule has 0 unspecified atom stereocenters. The van der Waals surface area contributed by atoms with Gasteiger partial charge in [0.15, 0.2) is 5.78 Å². The maximum absolute atomic E-state index is 12.4. The first-order chi connectivity index (χ1) is 11.4. The molecule has 1 aromatic rings. The molecule has 8 heteroatoms. The number of carboxylic acids is 1. The highest BCUT2D eigenvalue weighted by molar-refractivity contribution is 8.00. The Morgan fingerprint density at radius 3 is 2.67 bits per heavy atom. The Labute approximate surface area is 147 Å². The molecule has 0 aliphatic carbocycles. The van der Waals surface area contributed by atoms with Crippen LogP contribution in [0.15, 0.2) is 41.1 Å². The molecule has 2 heterocycles. The van der Waals surface area contributed by atoms with Gasteiger partial charge in [0.1, 0.15) is 5.70 Å². The van der Waals surface area contributed by atoms with Gasteiger partial charge >= 0.3 is 5.97 Å². The van der Waals surface area contributed by atoms with E-state index in [0.717, 1.165) is 0 Å². The van der Waals surface area contributed by atoms with Crippen LogP contribution in [0.5, 0.6) is 0 Å². The molecule has 0 bridgehead atoms. The lowest BCUT2D eigenvalue weighted by molar-refractivity contribution is -0.154. The van der Waals surface area contributed by atoms with E-state index in [1.54, 1.807) is 24.3 Å². The van der Waals surface area contributed by atoms with Gasteiger partial charge in [-0.3, -0.25) is 14.5 Å². The van der Waals surface area contributed by atoms with E-state index in [9.17, 15) is 19.5 Å². The van der Waals surface area contributed by atoms with Crippen LogP contribution in [-0.2, 0) is 14.4 Å². The lowest BCUT2D eigenvalue weighted by Gasteiger charge is -2.49. The highest BCUT2D eigenvalue weighted by atomic mass is 35.5. The molecule has 2 aliphatic heterocycles. The summed E-state index contributed by atoms with van der Waals surface area (Å²) in [5, 5.41) is 8.99. The SMILES string of the molecule is N[C@@H](C(=O)C[C@@H]1C(=O)N2C(C(=O)O)=C(Cl)CS[C@H]12)c1ccccc1. The second-order valence-electron chi connectivity index (χ2n) is 5.63. The van der Waals surface area contributed by atoms with E-state index in [0.29, 0.717) is 11.3 Å². The molecular formula is C16H15ClN2O4S. The minimum Gasteiger partial charge on any atom is -0.477 e. The Bertz CT molecular complexity index is 737. The van der Waals surface area contributed by atoms with Gasteiger partial charge in [0.2, 0.25) is 5.91 Å². The molecule has 24 heavy (non-hydrogen) atoms. The molecular weight excluding hydrogens is 352 g/mol. The van der Waals surface area contributed by atoms with Gasteiger partial charge in [-0.1, -0.05) is 41.9 Å². The first kappa shape index (κ1) is 17.0. The lowest BCUT2D eigenvalue weighted by Crippen LogP contribution is -2.61. The van der Waals surface area contributed by atoms with Crippen molar-refractivity contribution < 1.29 is 19.5 Å². The molecule has 1 saturated heterocycles. The highest BCUT2D eigenvalue weighted by Crippen LogP contribution is 2.46. The fourth-order valence-corrected chi connectivity index (χ4v) is 4.52. The summed E-state index contributed by atoms with van der Waals surface area (Å²) in [6.45, 7) is 0. The number of halogens is 1. The quantitative estimate of drug-likeness (QED) is 0.769. The summed E-state index contributed by atoms with van der Waals surface area (Å²) < 4.78 is 0. The van der Waals surface area contributed by atoms with E-state index < -0.39 is 23.8 Å². The van der Waals surface area contributed by atoms with Gasteiger partial charge in [-0.2, -0.15) is 0 Å². The maximum atomic E-state index is 12.4. The molecule has 1 aromatic carbocycles. The average Bonchev–Trinajstić information content (AvgIpc) is 2.59. The van der Waals surface area contributed by atoms with Gasteiger partial charge in [0.25, 0.3) is 0 Å². The van der Waals surface area contributed by atoms with E-state index >= 15 is 0 Å². The zero-order valence-electron chi connectivity index (χ0n) is 12.5. The van der Waals surface area contributed by atoms with Crippen LogP contribution in [0.2, 0.25) is 0 Å². The van der Waals surface area contributed by atoms with Crippen LogP contribution in [0.1, 0.15) is 18.0 Å². The van der Waals surface area contributed by atoms with E-state index in [2.05, 4.69) is 0 Å². The van der Waals surface area contributed by atoms with Crippen molar-refractivity contribution in [1.82, 2.24) is 4.90 Å². The van der Waals surface area contributed by atoms with Gasteiger partial charge in [-0.15, -0.1) is 11.8 Å². The Kier molecular flexibility index (Phi) is 4.67. The molecule has 0 spiro atoms. The number of rotatable bonds is 5. The Morgan fingerprint density at radius 1 is 1.38 bits per heavy atom. The average molecular weight is 367 g/mol. The standard InChI is InChI=1S/C16H15ClN2O4S/c17-10-7-24-15-9(14(21)19(15)13(10)16(22)23)6-11(20)12(18)8-4-2-1-3-5-8/h1-5,9,12,15H,6-7,18H2,(H,22,23)/t9-,12-,15-/m1/s1. The zero-order chi connectivity index (χ0) is 17.4. The van der Waals surface area contributed by atoms with Gasteiger partial charge in [0.05, 0.1) is 22.4 Å². The molecule has 1 amide bonds. The largest absolute Gasteiger partial charge is 0.477 e. The van der Waals surface area contributed by atoms with Crippen LogP contribution in [0, 0.1) is 5.92 Å². The topological polar surface area (TPSA) is 101 Å². The van der Waals surface area contributed by atoms with Gasteiger partial charge in [-0.25, -0.2) is 4.79 Å².